The molecular weight excluding hydrogens is 420 g/mol. The molecule has 0 saturated heterocycles. The smallest absolute Gasteiger partial charge is 0.338 e. The van der Waals surface area contributed by atoms with E-state index in [-0.39, 0.29) is 10.8 Å². The van der Waals surface area contributed by atoms with E-state index in [1.54, 1.807) is 42.6 Å². The highest BCUT2D eigenvalue weighted by atomic mass is 32.2. The summed E-state index contributed by atoms with van der Waals surface area (Å²) in [5.41, 5.74) is 0.833. The number of benzene rings is 1. The van der Waals surface area contributed by atoms with Gasteiger partial charge in [0.25, 0.3) is 10.0 Å². The van der Waals surface area contributed by atoms with E-state index in [1.807, 2.05) is 6.26 Å². The second kappa shape index (κ2) is 10.6. The van der Waals surface area contributed by atoms with E-state index in [4.69, 9.17) is 4.74 Å². The molecule has 2 aromatic rings. The van der Waals surface area contributed by atoms with Crippen molar-refractivity contribution in [2.75, 3.05) is 23.9 Å². The number of rotatable bonds is 10. The lowest BCUT2D eigenvalue weighted by Crippen LogP contribution is -2.43. The van der Waals surface area contributed by atoms with Gasteiger partial charge in [-0.25, -0.2) is 13.2 Å². The number of thioether (sulfide) groups is 1. The van der Waals surface area contributed by atoms with Gasteiger partial charge in [0.15, 0.2) is 0 Å². The van der Waals surface area contributed by atoms with Crippen molar-refractivity contribution in [3.63, 3.8) is 0 Å². The molecule has 0 bridgehead atoms. The fraction of sp³-hybridized carbons (Fsp3) is 0.333. The second-order valence-electron chi connectivity index (χ2n) is 5.67. The van der Waals surface area contributed by atoms with Crippen LogP contribution >= 0.6 is 23.1 Å². The molecule has 0 fully saturated rings. The normalized spacial score (nSPS) is 12.4. The third-order valence-electron chi connectivity index (χ3n) is 3.65. The Morgan fingerprint density at radius 3 is 2.50 bits per heavy atom. The third-order valence-corrected chi connectivity index (χ3v) is 7.16. The molecule has 1 atom stereocenters. The summed E-state index contributed by atoms with van der Waals surface area (Å²) in [6, 6.07) is 8.45. The fourth-order valence-electron chi connectivity index (χ4n) is 2.27. The molecule has 1 unspecified atom stereocenters. The minimum absolute atomic E-state index is 0.160. The zero-order valence-electron chi connectivity index (χ0n) is 15.5. The summed E-state index contributed by atoms with van der Waals surface area (Å²) in [5.74, 6) is -0.285. The number of anilines is 1. The van der Waals surface area contributed by atoms with Gasteiger partial charge in [0.1, 0.15) is 10.3 Å². The first-order chi connectivity index (χ1) is 13.4. The van der Waals surface area contributed by atoms with Crippen LogP contribution in [-0.2, 0) is 19.6 Å². The lowest BCUT2D eigenvalue weighted by atomic mass is 10.2. The van der Waals surface area contributed by atoms with Crippen molar-refractivity contribution >= 4 is 50.7 Å². The summed E-state index contributed by atoms with van der Waals surface area (Å²) in [6.45, 7) is 2.00. The van der Waals surface area contributed by atoms with Crippen LogP contribution < -0.4 is 10.0 Å². The molecule has 2 N–H and O–H groups in total. The number of thiophene rings is 1. The predicted octanol–water partition coefficient (Wildman–Crippen LogP) is 2.96. The van der Waals surface area contributed by atoms with E-state index < -0.39 is 27.9 Å². The van der Waals surface area contributed by atoms with Gasteiger partial charge in [-0.2, -0.15) is 16.5 Å². The Labute approximate surface area is 172 Å². The Morgan fingerprint density at radius 1 is 1.21 bits per heavy atom. The van der Waals surface area contributed by atoms with E-state index in [9.17, 15) is 18.0 Å². The van der Waals surface area contributed by atoms with Crippen LogP contribution in [0.4, 0.5) is 5.69 Å². The predicted molar refractivity (Wildman–Crippen MR) is 112 cm³/mol. The lowest BCUT2D eigenvalue weighted by Gasteiger charge is -2.18. The van der Waals surface area contributed by atoms with E-state index in [2.05, 4.69) is 10.0 Å². The first kappa shape index (κ1) is 22.4. The largest absolute Gasteiger partial charge is 0.462 e. The number of amides is 1. The van der Waals surface area contributed by atoms with Gasteiger partial charge in [0, 0.05) is 5.69 Å². The maximum absolute atomic E-state index is 12.7. The van der Waals surface area contributed by atoms with Crippen molar-refractivity contribution in [3.05, 3.63) is 47.3 Å². The van der Waals surface area contributed by atoms with Crippen LogP contribution in [0.2, 0.25) is 0 Å². The van der Waals surface area contributed by atoms with Gasteiger partial charge < -0.3 is 10.1 Å². The van der Waals surface area contributed by atoms with Crippen LogP contribution in [0.25, 0.3) is 0 Å². The van der Waals surface area contributed by atoms with Gasteiger partial charge in [0.2, 0.25) is 5.91 Å². The maximum atomic E-state index is 12.7. The summed E-state index contributed by atoms with van der Waals surface area (Å²) >= 11 is 2.61. The van der Waals surface area contributed by atoms with Crippen molar-refractivity contribution in [1.82, 2.24) is 4.72 Å². The quantitative estimate of drug-likeness (QED) is 0.549. The molecule has 0 saturated carbocycles. The topological polar surface area (TPSA) is 102 Å². The number of carbonyl (C=O) groups is 2. The molecule has 0 aliphatic rings. The van der Waals surface area contributed by atoms with Crippen molar-refractivity contribution in [1.29, 1.82) is 0 Å². The number of ether oxygens (including phenoxy) is 1. The van der Waals surface area contributed by atoms with Crippen LogP contribution in [0.3, 0.4) is 0 Å². The van der Waals surface area contributed by atoms with Gasteiger partial charge in [-0.1, -0.05) is 6.07 Å². The van der Waals surface area contributed by atoms with Gasteiger partial charge in [0.05, 0.1) is 12.2 Å². The SMILES string of the molecule is CCOC(=O)c1ccc(NC(=O)C(CCSC)NS(=O)(=O)c2cccs2)cc1. The number of carbonyl (C=O) groups excluding carboxylic acids is 2. The highest BCUT2D eigenvalue weighted by Crippen LogP contribution is 2.18. The van der Waals surface area contributed by atoms with Crippen LogP contribution in [0, 0.1) is 0 Å². The molecule has 7 nitrogen and oxygen atoms in total. The van der Waals surface area contributed by atoms with Gasteiger partial charge in [-0.3, -0.25) is 4.79 Å². The summed E-state index contributed by atoms with van der Waals surface area (Å²) in [5, 5.41) is 4.36. The number of hydrogen-bond donors (Lipinski definition) is 2. The Bertz CT molecular complexity index is 880. The zero-order chi connectivity index (χ0) is 20.6. The molecular formula is C18H22N2O5S3. The maximum Gasteiger partial charge on any atom is 0.338 e. The van der Waals surface area contributed by atoms with E-state index >= 15 is 0 Å². The summed E-state index contributed by atoms with van der Waals surface area (Å²) in [7, 11) is -3.77. The Balaban J connectivity index is 2.09. The number of sulfonamides is 1. The molecule has 10 heteroatoms. The lowest BCUT2D eigenvalue weighted by molar-refractivity contribution is -0.117. The number of nitrogens with one attached hydrogen (secondary N) is 2. The molecule has 152 valence electrons. The third kappa shape index (κ3) is 6.33. The monoisotopic (exact) mass is 442 g/mol. The van der Waals surface area contributed by atoms with Gasteiger partial charge in [-0.15, -0.1) is 11.3 Å². The van der Waals surface area contributed by atoms with Crippen molar-refractivity contribution in [3.8, 4) is 0 Å². The minimum atomic E-state index is -3.77. The van der Waals surface area contributed by atoms with E-state index in [1.165, 1.54) is 17.8 Å². The first-order valence-electron chi connectivity index (χ1n) is 8.50. The Morgan fingerprint density at radius 2 is 1.93 bits per heavy atom. The highest BCUT2D eigenvalue weighted by Gasteiger charge is 2.26. The summed E-state index contributed by atoms with van der Waals surface area (Å²) in [6.07, 6.45) is 2.23. The molecule has 1 aromatic carbocycles. The van der Waals surface area contributed by atoms with Crippen molar-refractivity contribution in [2.45, 2.75) is 23.6 Å². The fourth-order valence-corrected chi connectivity index (χ4v) is 4.99. The van der Waals surface area contributed by atoms with Gasteiger partial charge in [-0.05, 0) is 61.1 Å². The van der Waals surface area contributed by atoms with Crippen LogP contribution in [-0.4, -0.2) is 45.0 Å². The number of esters is 1. The minimum Gasteiger partial charge on any atom is -0.462 e. The first-order valence-corrected chi connectivity index (χ1v) is 12.3. The number of hydrogen-bond acceptors (Lipinski definition) is 7. The average Bonchev–Trinajstić information content (AvgIpc) is 3.21. The van der Waals surface area contributed by atoms with Crippen LogP contribution in [0.1, 0.15) is 23.7 Å². The Kier molecular flexibility index (Phi) is 8.49. The van der Waals surface area contributed by atoms with E-state index in [0.717, 1.165) is 11.3 Å². The van der Waals surface area contributed by atoms with Crippen LogP contribution in [0.15, 0.2) is 46.0 Å². The highest BCUT2D eigenvalue weighted by molar-refractivity contribution is 7.98. The molecule has 0 spiro atoms. The summed E-state index contributed by atoms with van der Waals surface area (Å²) < 4.78 is 32.5. The molecule has 0 aliphatic carbocycles. The van der Waals surface area contributed by atoms with Gasteiger partial charge >= 0.3 is 5.97 Å². The van der Waals surface area contributed by atoms with Crippen molar-refractivity contribution in [2.24, 2.45) is 0 Å². The molecule has 0 aliphatic heterocycles. The molecule has 28 heavy (non-hydrogen) atoms. The molecule has 1 amide bonds. The molecule has 1 aromatic heterocycles. The molecule has 0 radical (unpaired) electrons. The zero-order valence-corrected chi connectivity index (χ0v) is 18.0. The van der Waals surface area contributed by atoms with Crippen molar-refractivity contribution < 1.29 is 22.7 Å². The molecule has 1 heterocycles. The average molecular weight is 443 g/mol. The standard InChI is InChI=1S/C18H22N2O5S3/c1-3-25-18(22)13-6-8-14(9-7-13)19-17(21)15(10-12-26-2)20-28(23,24)16-5-4-11-27-16/h4-9,11,15,20H,3,10,12H2,1-2H3,(H,19,21). The Hall–Kier alpha value is -1.88. The second-order valence-corrected chi connectivity index (χ2v) is 9.55. The van der Waals surface area contributed by atoms with E-state index in [0.29, 0.717) is 23.4 Å². The summed E-state index contributed by atoms with van der Waals surface area (Å²) in [4.78, 5) is 24.3. The molecule has 2 rings (SSSR count). The van der Waals surface area contributed by atoms with Crippen LogP contribution in [0.5, 0.6) is 0 Å².